The number of benzene rings is 1. The molecule has 68 valence electrons. The molecule has 0 saturated carbocycles. The Bertz CT molecular complexity index is 447. The third-order valence-corrected chi connectivity index (χ3v) is 2.83. The Morgan fingerprint density at radius 3 is 2.92 bits per heavy atom. The van der Waals surface area contributed by atoms with Gasteiger partial charge in [0.1, 0.15) is 11.3 Å². The van der Waals surface area contributed by atoms with Gasteiger partial charge in [0.2, 0.25) is 0 Å². The lowest BCUT2D eigenvalue weighted by Gasteiger charge is -1.93. The van der Waals surface area contributed by atoms with E-state index in [1.165, 1.54) is 3.57 Å². The summed E-state index contributed by atoms with van der Waals surface area (Å²) in [5.74, 6) is 0.930. The average molecular weight is 287 g/mol. The number of nitrogens with two attached hydrogens (primary N) is 1. The minimum atomic E-state index is 0.541. The standard InChI is InChI=1S/C10H10INO/c1-6-9(5-12)8-4-7(11)2-3-10(8)13-6/h2-4H,5,12H2,1H3. The van der Waals surface area contributed by atoms with Crippen molar-refractivity contribution in [3.05, 3.63) is 33.1 Å². The van der Waals surface area contributed by atoms with Crippen LogP contribution >= 0.6 is 22.6 Å². The van der Waals surface area contributed by atoms with Gasteiger partial charge in [-0.15, -0.1) is 0 Å². The summed E-state index contributed by atoms with van der Waals surface area (Å²) in [6, 6.07) is 6.13. The van der Waals surface area contributed by atoms with E-state index in [-0.39, 0.29) is 0 Å². The molecular formula is C10H10INO. The molecule has 0 radical (unpaired) electrons. The van der Waals surface area contributed by atoms with Gasteiger partial charge in [-0.3, -0.25) is 0 Å². The molecule has 2 nitrogen and oxygen atoms in total. The van der Waals surface area contributed by atoms with Gasteiger partial charge in [0.15, 0.2) is 0 Å². The van der Waals surface area contributed by atoms with E-state index in [1.54, 1.807) is 0 Å². The van der Waals surface area contributed by atoms with Crippen LogP contribution in [0.3, 0.4) is 0 Å². The fourth-order valence-electron chi connectivity index (χ4n) is 1.50. The van der Waals surface area contributed by atoms with E-state index in [9.17, 15) is 0 Å². The van der Waals surface area contributed by atoms with Crippen molar-refractivity contribution in [3.8, 4) is 0 Å². The highest BCUT2D eigenvalue weighted by Gasteiger charge is 2.08. The molecule has 13 heavy (non-hydrogen) atoms. The van der Waals surface area contributed by atoms with Crippen molar-refractivity contribution in [2.75, 3.05) is 0 Å². The second-order valence-corrected chi connectivity index (χ2v) is 4.23. The lowest BCUT2D eigenvalue weighted by Crippen LogP contribution is -1.96. The summed E-state index contributed by atoms with van der Waals surface area (Å²) in [7, 11) is 0. The molecule has 0 saturated heterocycles. The predicted octanol–water partition coefficient (Wildman–Crippen LogP) is 2.80. The molecule has 0 atom stereocenters. The lowest BCUT2D eigenvalue weighted by atomic mass is 10.1. The summed E-state index contributed by atoms with van der Waals surface area (Å²) in [5, 5.41) is 1.15. The van der Waals surface area contributed by atoms with Crippen molar-refractivity contribution in [1.82, 2.24) is 0 Å². The van der Waals surface area contributed by atoms with Crippen molar-refractivity contribution >= 4 is 33.6 Å². The lowest BCUT2D eigenvalue weighted by molar-refractivity contribution is 0.572. The number of aryl methyl sites for hydroxylation is 1. The predicted molar refractivity (Wildman–Crippen MR) is 61.6 cm³/mol. The van der Waals surface area contributed by atoms with Crippen molar-refractivity contribution in [2.45, 2.75) is 13.5 Å². The van der Waals surface area contributed by atoms with E-state index < -0.39 is 0 Å². The topological polar surface area (TPSA) is 39.2 Å². The van der Waals surface area contributed by atoms with Crippen LogP contribution in [-0.4, -0.2) is 0 Å². The molecule has 0 aliphatic carbocycles. The van der Waals surface area contributed by atoms with Crippen molar-refractivity contribution in [3.63, 3.8) is 0 Å². The normalized spacial score (nSPS) is 11.0. The Kier molecular flexibility index (Phi) is 2.29. The Balaban J connectivity index is 2.80. The fourth-order valence-corrected chi connectivity index (χ4v) is 1.99. The molecule has 1 aromatic heterocycles. The first-order chi connectivity index (χ1) is 6.22. The van der Waals surface area contributed by atoms with E-state index in [0.29, 0.717) is 6.54 Å². The van der Waals surface area contributed by atoms with E-state index in [0.717, 1.165) is 22.3 Å². The number of furan rings is 1. The van der Waals surface area contributed by atoms with Crippen LogP contribution in [0.4, 0.5) is 0 Å². The van der Waals surface area contributed by atoms with Crippen molar-refractivity contribution in [1.29, 1.82) is 0 Å². The van der Waals surface area contributed by atoms with Gasteiger partial charge in [-0.1, -0.05) is 0 Å². The second-order valence-electron chi connectivity index (χ2n) is 2.98. The summed E-state index contributed by atoms with van der Waals surface area (Å²) in [5.41, 5.74) is 7.70. The summed E-state index contributed by atoms with van der Waals surface area (Å²) in [4.78, 5) is 0. The second kappa shape index (κ2) is 3.31. The first kappa shape index (κ1) is 9.02. The first-order valence-electron chi connectivity index (χ1n) is 4.10. The third-order valence-electron chi connectivity index (χ3n) is 2.16. The van der Waals surface area contributed by atoms with Crippen LogP contribution < -0.4 is 5.73 Å². The molecular weight excluding hydrogens is 277 g/mol. The highest BCUT2D eigenvalue weighted by atomic mass is 127. The third kappa shape index (κ3) is 1.46. The van der Waals surface area contributed by atoms with Crippen molar-refractivity contribution < 1.29 is 4.42 Å². The molecule has 1 aromatic carbocycles. The number of halogens is 1. The highest BCUT2D eigenvalue weighted by Crippen LogP contribution is 2.26. The molecule has 2 aromatic rings. The SMILES string of the molecule is Cc1oc2ccc(I)cc2c1CN. The highest BCUT2D eigenvalue weighted by molar-refractivity contribution is 14.1. The van der Waals surface area contributed by atoms with Gasteiger partial charge in [-0.25, -0.2) is 0 Å². The summed E-state index contributed by atoms with van der Waals surface area (Å²) in [6.07, 6.45) is 0. The van der Waals surface area contributed by atoms with E-state index in [4.69, 9.17) is 10.2 Å². The van der Waals surface area contributed by atoms with Crippen LogP contribution in [0.5, 0.6) is 0 Å². The molecule has 0 bridgehead atoms. The maximum atomic E-state index is 5.65. The molecule has 0 spiro atoms. The van der Waals surface area contributed by atoms with Gasteiger partial charge in [0.05, 0.1) is 0 Å². The Morgan fingerprint density at radius 2 is 2.23 bits per heavy atom. The van der Waals surface area contributed by atoms with E-state index in [2.05, 4.69) is 28.7 Å². The Morgan fingerprint density at radius 1 is 1.46 bits per heavy atom. The zero-order valence-electron chi connectivity index (χ0n) is 7.30. The molecule has 2 rings (SSSR count). The average Bonchev–Trinajstić information content (AvgIpc) is 2.40. The molecule has 0 amide bonds. The van der Waals surface area contributed by atoms with Crippen LogP contribution in [0, 0.1) is 10.5 Å². The zero-order valence-corrected chi connectivity index (χ0v) is 9.46. The summed E-state index contributed by atoms with van der Waals surface area (Å²) >= 11 is 2.29. The Labute approximate surface area is 90.2 Å². The van der Waals surface area contributed by atoms with E-state index in [1.807, 2.05) is 19.1 Å². The van der Waals surface area contributed by atoms with Crippen LogP contribution in [0.1, 0.15) is 11.3 Å². The minimum absolute atomic E-state index is 0.541. The summed E-state index contributed by atoms with van der Waals surface area (Å²) in [6.45, 7) is 2.49. The van der Waals surface area contributed by atoms with Crippen LogP contribution in [-0.2, 0) is 6.54 Å². The summed E-state index contributed by atoms with van der Waals surface area (Å²) < 4.78 is 6.77. The molecule has 0 aliphatic heterocycles. The Hall–Kier alpha value is -0.550. The number of hydrogen-bond acceptors (Lipinski definition) is 2. The largest absolute Gasteiger partial charge is 0.461 e. The van der Waals surface area contributed by atoms with E-state index >= 15 is 0 Å². The molecule has 0 aliphatic rings. The number of fused-ring (bicyclic) bond motifs is 1. The zero-order chi connectivity index (χ0) is 9.42. The van der Waals surface area contributed by atoms with Crippen LogP contribution in [0.15, 0.2) is 22.6 Å². The minimum Gasteiger partial charge on any atom is -0.461 e. The molecule has 3 heteroatoms. The van der Waals surface area contributed by atoms with Gasteiger partial charge in [-0.2, -0.15) is 0 Å². The van der Waals surface area contributed by atoms with Crippen LogP contribution in [0.2, 0.25) is 0 Å². The first-order valence-corrected chi connectivity index (χ1v) is 5.18. The van der Waals surface area contributed by atoms with Gasteiger partial charge in [-0.05, 0) is 47.7 Å². The van der Waals surface area contributed by atoms with Gasteiger partial charge < -0.3 is 10.2 Å². The van der Waals surface area contributed by atoms with Gasteiger partial charge in [0.25, 0.3) is 0 Å². The molecule has 1 heterocycles. The number of rotatable bonds is 1. The quantitative estimate of drug-likeness (QED) is 0.819. The van der Waals surface area contributed by atoms with Gasteiger partial charge in [0, 0.05) is 21.1 Å². The molecule has 2 N–H and O–H groups in total. The molecule has 0 fully saturated rings. The number of hydrogen-bond donors (Lipinski definition) is 1. The maximum absolute atomic E-state index is 5.65. The maximum Gasteiger partial charge on any atom is 0.134 e. The monoisotopic (exact) mass is 287 g/mol. The van der Waals surface area contributed by atoms with Crippen molar-refractivity contribution in [2.24, 2.45) is 5.73 Å². The molecule has 0 unspecified atom stereocenters. The fraction of sp³-hybridized carbons (Fsp3) is 0.200. The van der Waals surface area contributed by atoms with Crippen LogP contribution in [0.25, 0.3) is 11.0 Å². The van der Waals surface area contributed by atoms with Gasteiger partial charge >= 0.3 is 0 Å². The smallest absolute Gasteiger partial charge is 0.134 e.